The summed E-state index contributed by atoms with van der Waals surface area (Å²) in [6.07, 6.45) is 0.0154. The predicted octanol–water partition coefficient (Wildman–Crippen LogP) is 1.00. The number of hydrogen-bond acceptors (Lipinski definition) is 5. The third kappa shape index (κ3) is 3.15. The molecule has 1 aromatic rings. The van der Waals surface area contributed by atoms with Crippen LogP contribution in [0.4, 0.5) is 0 Å². The molecule has 1 aromatic carbocycles. The number of ether oxygens (including phenoxy) is 1. The van der Waals surface area contributed by atoms with Crippen LogP contribution in [0.5, 0.6) is 0 Å². The molecule has 1 fully saturated rings. The number of carbonyl (C=O) groups excluding carboxylic acids is 2. The molecule has 108 valence electrons. The van der Waals surface area contributed by atoms with Crippen LogP contribution in [0.1, 0.15) is 34.1 Å². The molecule has 1 amide bonds. The van der Waals surface area contributed by atoms with E-state index in [1.165, 1.54) is 6.07 Å². The average Bonchev–Trinajstić information content (AvgIpc) is 2.90. The maximum Gasteiger partial charge on any atom is 0.338 e. The van der Waals surface area contributed by atoms with E-state index in [1.807, 2.05) is 6.92 Å². The molecule has 1 aliphatic heterocycles. The van der Waals surface area contributed by atoms with Crippen LogP contribution in [0, 0.1) is 0 Å². The largest absolute Gasteiger partial charge is 0.462 e. The number of benzene rings is 1. The first-order valence-electron chi connectivity index (χ1n) is 6.52. The van der Waals surface area contributed by atoms with Crippen LogP contribution in [-0.4, -0.2) is 47.9 Å². The number of carbonyl (C=O) groups is 2. The van der Waals surface area contributed by atoms with Gasteiger partial charge in [0.05, 0.1) is 24.3 Å². The molecule has 1 N–H and O–H groups in total. The van der Waals surface area contributed by atoms with Crippen molar-refractivity contribution in [3.8, 4) is 0 Å². The summed E-state index contributed by atoms with van der Waals surface area (Å²) in [6, 6.07) is 6.41. The highest BCUT2D eigenvalue weighted by atomic mass is 16.7. The van der Waals surface area contributed by atoms with E-state index in [9.17, 15) is 14.7 Å². The molecule has 1 atom stereocenters. The van der Waals surface area contributed by atoms with Gasteiger partial charge in [-0.05, 0) is 18.6 Å². The number of hydroxylamine groups is 2. The van der Waals surface area contributed by atoms with Crippen molar-refractivity contribution in [2.24, 2.45) is 0 Å². The van der Waals surface area contributed by atoms with Gasteiger partial charge in [0, 0.05) is 0 Å². The molecule has 6 nitrogen and oxygen atoms in total. The first-order chi connectivity index (χ1) is 9.63. The van der Waals surface area contributed by atoms with Gasteiger partial charge in [-0.15, -0.1) is 0 Å². The summed E-state index contributed by atoms with van der Waals surface area (Å²) in [7, 11) is 0. The first-order valence-corrected chi connectivity index (χ1v) is 6.52. The molecular formula is C14H17NO5. The number of amides is 1. The fourth-order valence-corrected chi connectivity index (χ4v) is 1.87. The second-order valence-corrected chi connectivity index (χ2v) is 4.50. The lowest BCUT2D eigenvalue weighted by atomic mass is 10.1. The Balaban J connectivity index is 2.19. The summed E-state index contributed by atoms with van der Waals surface area (Å²) < 4.78 is 5.05. The molecule has 20 heavy (non-hydrogen) atoms. The van der Waals surface area contributed by atoms with Gasteiger partial charge in [0.2, 0.25) is 0 Å². The zero-order valence-corrected chi connectivity index (χ0v) is 11.2. The van der Waals surface area contributed by atoms with Gasteiger partial charge in [0.1, 0.15) is 12.7 Å². The maximum atomic E-state index is 12.3. The van der Waals surface area contributed by atoms with Crippen LogP contribution in [0.2, 0.25) is 0 Å². The van der Waals surface area contributed by atoms with Crippen molar-refractivity contribution < 1.29 is 24.3 Å². The Morgan fingerprint density at radius 1 is 1.40 bits per heavy atom. The van der Waals surface area contributed by atoms with Crippen molar-refractivity contribution in [1.29, 1.82) is 0 Å². The molecule has 1 aliphatic rings. The summed E-state index contributed by atoms with van der Waals surface area (Å²) in [5.41, 5.74) is 0.415. The van der Waals surface area contributed by atoms with Crippen LogP contribution in [0.3, 0.4) is 0 Å². The van der Waals surface area contributed by atoms with E-state index in [2.05, 4.69) is 0 Å². The van der Waals surface area contributed by atoms with E-state index in [1.54, 1.807) is 18.2 Å². The number of aliphatic hydroxyl groups excluding tert-OH is 1. The lowest BCUT2D eigenvalue weighted by Crippen LogP contribution is -2.30. The number of β-amino-alcohol motifs (C(OH)–C–C–N with tert-alkyl or cyclic N) is 1. The molecule has 0 aromatic heterocycles. The standard InChI is InChI=1S/C14H17NO5/c1-2-7-19-14(18)12-6-4-3-5-11(12)13(17)15-8-10(16)9-20-15/h3-6,10,16H,2,7-9H2,1H3/t10-/m0/s1. The van der Waals surface area contributed by atoms with E-state index < -0.39 is 18.0 Å². The second kappa shape index (κ2) is 6.49. The number of aliphatic hydroxyl groups is 1. The summed E-state index contributed by atoms with van der Waals surface area (Å²) >= 11 is 0. The highest BCUT2D eigenvalue weighted by molar-refractivity contribution is 6.05. The molecule has 0 spiro atoms. The summed E-state index contributed by atoms with van der Waals surface area (Å²) in [5.74, 6) is -0.985. The molecule has 0 bridgehead atoms. The van der Waals surface area contributed by atoms with Gasteiger partial charge in [0.25, 0.3) is 5.91 Å². The molecule has 0 unspecified atom stereocenters. The van der Waals surface area contributed by atoms with Gasteiger partial charge < -0.3 is 9.84 Å². The number of esters is 1. The highest BCUT2D eigenvalue weighted by Crippen LogP contribution is 2.16. The third-order valence-electron chi connectivity index (χ3n) is 2.84. The van der Waals surface area contributed by atoms with Crippen LogP contribution < -0.4 is 0 Å². The van der Waals surface area contributed by atoms with Crippen molar-refractivity contribution in [3.05, 3.63) is 35.4 Å². The van der Waals surface area contributed by atoms with E-state index in [0.717, 1.165) is 5.06 Å². The maximum absolute atomic E-state index is 12.3. The molecule has 6 heteroatoms. The van der Waals surface area contributed by atoms with E-state index >= 15 is 0 Å². The Labute approximate surface area is 116 Å². The first kappa shape index (κ1) is 14.5. The smallest absolute Gasteiger partial charge is 0.338 e. The SMILES string of the molecule is CCCOC(=O)c1ccccc1C(=O)N1C[C@H](O)CO1. The molecule has 1 heterocycles. The molecule has 2 rings (SSSR count). The predicted molar refractivity (Wildman–Crippen MR) is 70.0 cm³/mol. The fraction of sp³-hybridized carbons (Fsp3) is 0.429. The second-order valence-electron chi connectivity index (χ2n) is 4.50. The molecular weight excluding hydrogens is 262 g/mol. The van der Waals surface area contributed by atoms with Crippen LogP contribution >= 0.6 is 0 Å². The van der Waals surface area contributed by atoms with Crippen molar-refractivity contribution in [1.82, 2.24) is 5.06 Å². The molecule has 0 radical (unpaired) electrons. The Morgan fingerprint density at radius 2 is 2.10 bits per heavy atom. The quantitative estimate of drug-likeness (QED) is 0.832. The van der Waals surface area contributed by atoms with Gasteiger partial charge in [-0.2, -0.15) is 0 Å². The molecule has 0 aliphatic carbocycles. The number of hydrogen-bond donors (Lipinski definition) is 1. The number of nitrogens with zero attached hydrogens (tertiary/aromatic N) is 1. The zero-order chi connectivity index (χ0) is 14.5. The van der Waals surface area contributed by atoms with Crippen molar-refractivity contribution >= 4 is 11.9 Å². The van der Waals surface area contributed by atoms with Gasteiger partial charge in [0.15, 0.2) is 0 Å². The monoisotopic (exact) mass is 279 g/mol. The Bertz CT molecular complexity index is 502. The third-order valence-corrected chi connectivity index (χ3v) is 2.84. The van der Waals surface area contributed by atoms with E-state index in [-0.39, 0.29) is 24.3 Å². The van der Waals surface area contributed by atoms with Crippen LogP contribution in [0.25, 0.3) is 0 Å². The minimum atomic E-state index is -0.696. The van der Waals surface area contributed by atoms with Crippen LogP contribution in [-0.2, 0) is 9.57 Å². The van der Waals surface area contributed by atoms with Crippen molar-refractivity contribution in [2.75, 3.05) is 19.8 Å². The fourth-order valence-electron chi connectivity index (χ4n) is 1.87. The van der Waals surface area contributed by atoms with Gasteiger partial charge in [-0.25, -0.2) is 9.86 Å². The Kier molecular flexibility index (Phi) is 4.70. The van der Waals surface area contributed by atoms with Gasteiger partial charge in [-0.3, -0.25) is 9.63 Å². The van der Waals surface area contributed by atoms with E-state index in [4.69, 9.17) is 9.57 Å². The van der Waals surface area contributed by atoms with Crippen LogP contribution in [0.15, 0.2) is 24.3 Å². The van der Waals surface area contributed by atoms with Gasteiger partial charge in [-0.1, -0.05) is 19.1 Å². The van der Waals surface area contributed by atoms with Crippen molar-refractivity contribution in [2.45, 2.75) is 19.4 Å². The molecule has 0 saturated carbocycles. The minimum absolute atomic E-state index is 0.0776. The normalized spacial score (nSPS) is 18.1. The summed E-state index contributed by atoms with van der Waals surface area (Å²) in [6.45, 7) is 2.37. The average molecular weight is 279 g/mol. The molecule has 1 saturated heterocycles. The zero-order valence-electron chi connectivity index (χ0n) is 11.2. The Morgan fingerprint density at radius 3 is 2.70 bits per heavy atom. The summed E-state index contributed by atoms with van der Waals surface area (Å²) in [4.78, 5) is 29.3. The lowest BCUT2D eigenvalue weighted by Gasteiger charge is -2.15. The lowest BCUT2D eigenvalue weighted by molar-refractivity contribution is -0.0780. The highest BCUT2D eigenvalue weighted by Gasteiger charge is 2.29. The van der Waals surface area contributed by atoms with Crippen molar-refractivity contribution in [3.63, 3.8) is 0 Å². The summed E-state index contributed by atoms with van der Waals surface area (Å²) in [5, 5.41) is 10.4. The van der Waals surface area contributed by atoms with Gasteiger partial charge >= 0.3 is 5.97 Å². The number of rotatable bonds is 4. The van der Waals surface area contributed by atoms with E-state index in [0.29, 0.717) is 13.0 Å². The topological polar surface area (TPSA) is 76.1 Å². The minimum Gasteiger partial charge on any atom is -0.462 e. The Hall–Kier alpha value is -1.92.